The van der Waals surface area contributed by atoms with Gasteiger partial charge < -0.3 is 37.7 Å². The number of guanidine groups is 1. The van der Waals surface area contributed by atoms with Crippen molar-refractivity contribution < 1.29 is 19.2 Å². The van der Waals surface area contributed by atoms with Crippen molar-refractivity contribution in [1.82, 2.24) is 26.3 Å². The standard InChI is InChI=1S/C35H50N8O4/c1-34(2,3)32(47)42-26(17-12-18-38-33(36)37)29(44)41-28(20-23-21-39-25-16-11-10-15-24(23)25)30(45)40-27(31(46)43-35(4,5)6)19-22-13-8-7-9-14-22/h7-11,13-16,21,26-28,39H,12,17-20H2,1-6H3,(H,40,45)(H,41,44)(H,42,47)(H,43,46)(H4,36,37,38)/t26-,27-,28-/m0/s1. The Bertz CT molecular complexity index is 1550. The number of H-pyrrole nitrogens is 1. The van der Waals surface area contributed by atoms with Gasteiger partial charge in [0.25, 0.3) is 0 Å². The molecule has 1 heterocycles. The third kappa shape index (κ3) is 11.8. The minimum Gasteiger partial charge on any atom is -0.370 e. The van der Waals surface area contributed by atoms with Gasteiger partial charge >= 0.3 is 0 Å². The van der Waals surface area contributed by atoms with Crippen molar-refractivity contribution in [1.29, 1.82) is 0 Å². The van der Waals surface area contributed by atoms with Crippen molar-refractivity contribution in [2.75, 3.05) is 6.54 Å². The fourth-order valence-electron chi connectivity index (χ4n) is 4.94. The molecule has 0 spiro atoms. The van der Waals surface area contributed by atoms with Gasteiger partial charge in [0, 0.05) is 47.4 Å². The predicted octanol–water partition coefficient (Wildman–Crippen LogP) is 2.42. The van der Waals surface area contributed by atoms with E-state index in [2.05, 4.69) is 31.2 Å². The number of aromatic nitrogens is 1. The lowest BCUT2D eigenvalue weighted by Gasteiger charge is -2.28. The van der Waals surface area contributed by atoms with Crippen LogP contribution in [0.15, 0.2) is 65.8 Å². The fourth-order valence-corrected chi connectivity index (χ4v) is 4.94. The molecule has 0 saturated carbocycles. The zero-order valence-electron chi connectivity index (χ0n) is 28.3. The monoisotopic (exact) mass is 646 g/mol. The number of rotatable bonds is 14. The molecule has 47 heavy (non-hydrogen) atoms. The minimum atomic E-state index is -1.07. The van der Waals surface area contributed by atoms with Gasteiger partial charge in [0.05, 0.1) is 0 Å². The van der Waals surface area contributed by atoms with Gasteiger partial charge in [0.15, 0.2) is 5.96 Å². The molecule has 0 saturated heterocycles. The fraction of sp³-hybridized carbons (Fsp3) is 0.457. The van der Waals surface area contributed by atoms with Gasteiger partial charge in [-0.2, -0.15) is 0 Å². The van der Waals surface area contributed by atoms with Crippen molar-refractivity contribution in [3.63, 3.8) is 0 Å². The summed E-state index contributed by atoms with van der Waals surface area (Å²) in [5.74, 6) is -1.80. The average molecular weight is 647 g/mol. The van der Waals surface area contributed by atoms with Gasteiger partial charge in [-0.15, -0.1) is 0 Å². The summed E-state index contributed by atoms with van der Waals surface area (Å²) in [5.41, 5.74) is 12.2. The van der Waals surface area contributed by atoms with E-state index in [9.17, 15) is 19.2 Å². The van der Waals surface area contributed by atoms with E-state index < -0.39 is 40.9 Å². The molecule has 4 amide bonds. The third-order valence-corrected chi connectivity index (χ3v) is 7.39. The summed E-state index contributed by atoms with van der Waals surface area (Å²) in [6, 6.07) is 14.1. The highest BCUT2D eigenvalue weighted by atomic mass is 16.2. The maximum Gasteiger partial charge on any atom is 0.243 e. The molecule has 0 radical (unpaired) electrons. The Labute approximate surface area is 276 Å². The highest BCUT2D eigenvalue weighted by molar-refractivity contribution is 5.95. The van der Waals surface area contributed by atoms with E-state index >= 15 is 0 Å². The van der Waals surface area contributed by atoms with E-state index in [-0.39, 0.29) is 43.6 Å². The van der Waals surface area contributed by atoms with E-state index in [1.807, 2.05) is 75.4 Å². The van der Waals surface area contributed by atoms with Crippen LogP contribution in [0.5, 0.6) is 0 Å². The van der Waals surface area contributed by atoms with Crippen LogP contribution in [-0.2, 0) is 32.0 Å². The van der Waals surface area contributed by atoms with Crippen molar-refractivity contribution in [2.24, 2.45) is 21.9 Å². The molecule has 0 bridgehead atoms. The number of amides is 4. The molecule has 3 rings (SSSR count). The highest BCUT2D eigenvalue weighted by Crippen LogP contribution is 2.20. The Kier molecular flexibility index (Phi) is 12.5. The molecular formula is C35H50N8O4. The number of nitrogens with two attached hydrogens (primary N) is 2. The second kappa shape index (κ2) is 16.1. The number of hydrogen-bond donors (Lipinski definition) is 7. The Morgan fingerprint density at radius 3 is 1.98 bits per heavy atom. The van der Waals surface area contributed by atoms with Crippen LogP contribution in [0.2, 0.25) is 0 Å². The summed E-state index contributed by atoms with van der Waals surface area (Å²) in [7, 11) is 0. The van der Waals surface area contributed by atoms with Crippen molar-refractivity contribution in [3.05, 3.63) is 71.9 Å². The molecule has 0 unspecified atom stereocenters. The first-order valence-electron chi connectivity index (χ1n) is 15.9. The number of nitrogens with zero attached hydrogens (tertiary/aromatic N) is 1. The van der Waals surface area contributed by atoms with Gasteiger partial charge in [0.1, 0.15) is 18.1 Å². The maximum atomic E-state index is 14.1. The Morgan fingerprint density at radius 2 is 1.36 bits per heavy atom. The van der Waals surface area contributed by atoms with Crippen LogP contribution < -0.4 is 32.7 Å². The van der Waals surface area contributed by atoms with Crippen LogP contribution >= 0.6 is 0 Å². The molecule has 1 aromatic heterocycles. The summed E-state index contributed by atoms with van der Waals surface area (Å²) < 4.78 is 0. The molecule has 12 nitrogen and oxygen atoms in total. The van der Waals surface area contributed by atoms with Gasteiger partial charge in [-0.05, 0) is 50.8 Å². The second-order valence-corrected chi connectivity index (χ2v) is 13.8. The quantitative estimate of drug-likeness (QED) is 0.0798. The van der Waals surface area contributed by atoms with Crippen molar-refractivity contribution in [3.8, 4) is 0 Å². The van der Waals surface area contributed by atoms with Crippen LogP contribution in [0.4, 0.5) is 0 Å². The normalized spacial score (nSPS) is 13.6. The number of carbonyl (C=O) groups excluding carboxylic acids is 4. The second-order valence-electron chi connectivity index (χ2n) is 13.8. The molecule has 2 aromatic carbocycles. The summed E-state index contributed by atoms with van der Waals surface area (Å²) in [4.78, 5) is 61.6. The van der Waals surface area contributed by atoms with E-state index in [1.54, 1.807) is 27.0 Å². The molecule has 3 aromatic rings. The van der Waals surface area contributed by atoms with Crippen molar-refractivity contribution >= 4 is 40.5 Å². The number of hydrogen-bond acceptors (Lipinski definition) is 5. The lowest BCUT2D eigenvalue weighted by Crippen LogP contribution is -2.59. The van der Waals surface area contributed by atoms with Crippen LogP contribution in [0.25, 0.3) is 10.9 Å². The lowest BCUT2D eigenvalue weighted by molar-refractivity contribution is -0.135. The Balaban J connectivity index is 1.93. The maximum absolute atomic E-state index is 14.1. The molecule has 0 aliphatic heterocycles. The van der Waals surface area contributed by atoms with E-state index in [0.29, 0.717) is 6.42 Å². The van der Waals surface area contributed by atoms with Crippen LogP contribution in [0, 0.1) is 5.41 Å². The molecule has 254 valence electrons. The van der Waals surface area contributed by atoms with E-state index in [0.717, 1.165) is 22.0 Å². The molecule has 3 atom stereocenters. The third-order valence-electron chi connectivity index (χ3n) is 7.39. The van der Waals surface area contributed by atoms with Gasteiger partial charge in [0.2, 0.25) is 23.6 Å². The van der Waals surface area contributed by atoms with Crippen LogP contribution in [0.1, 0.15) is 65.5 Å². The van der Waals surface area contributed by atoms with E-state index in [1.165, 1.54) is 0 Å². The minimum absolute atomic E-state index is 0.0688. The van der Waals surface area contributed by atoms with Gasteiger partial charge in [-0.1, -0.05) is 69.3 Å². The SMILES string of the molecule is CC(C)(C)NC(=O)[C@H](Cc1ccccc1)NC(=O)[C@H](Cc1c[nH]c2ccccc12)NC(=O)[C@H](CCCN=C(N)N)NC(=O)C(C)(C)C. The average Bonchev–Trinajstić information content (AvgIpc) is 3.39. The summed E-state index contributed by atoms with van der Waals surface area (Å²) in [6.45, 7) is 11.1. The number of fused-ring (bicyclic) bond motifs is 1. The van der Waals surface area contributed by atoms with Gasteiger partial charge in [-0.3, -0.25) is 24.2 Å². The summed E-state index contributed by atoms with van der Waals surface area (Å²) in [6.07, 6.45) is 2.83. The molecule has 12 heteroatoms. The van der Waals surface area contributed by atoms with Crippen LogP contribution in [0.3, 0.4) is 0 Å². The summed E-state index contributed by atoms with van der Waals surface area (Å²) in [5, 5.41) is 12.5. The molecule has 0 aliphatic rings. The molecule has 9 N–H and O–H groups in total. The smallest absolute Gasteiger partial charge is 0.243 e. The van der Waals surface area contributed by atoms with Crippen LogP contribution in [-0.4, -0.2) is 64.8 Å². The molecule has 0 aliphatic carbocycles. The largest absolute Gasteiger partial charge is 0.370 e. The van der Waals surface area contributed by atoms with Gasteiger partial charge in [-0.25, -0.2) is 0 Å². The first kappa shape index (κ1) is 36.6. The number of aliphatic imine (C=N–C) groups is 1. The Morgan fingerprint density at radius 1 is 0.766 bits per heavy atom. The molecule has 0 fully saturated rings. The van der Waals surface area contributed by atoms with Crippen molar-refractivity contribution in [2.45, 2.75) is 90.9 Å². The first-order valence-corrected chi connectivity index (χ1v) is 15.9. The number of benzene rings is 2. The summed E-state index contributed by atoms with van der Waals surface area (Å²) >= 11 is 0. The number of nitrogens with one attached hydrogen (secondary N) is 5. The number of carbonyl (C=O) groups is 4. The molecular weight excluding hydrogens is 596 g/mol. The van der Waals surface area contributed by atoms with E-state index in [4.69, 9.17) is 11.5 Å². The zero-order valence-corrected chi connectivity index (χ0v) is 28.3. The predicted molar refractivity (Wildman–Crippen MR) is 185 cm³/mol. The lowest BCUT2D eigenvalue weighted by atomic mass is 9.94. The number of aromatic amines is 1. The first-order chi connectivity index (χ1) is 22.0. The zero-order chi connectivity index (χ0) is 34.8. The Hall–Kier alpha value is -4.87. The highest BCUT2D eigenvalue weighted by Gasteiger charge is 2.33. The topological polar surface area (TPSA) is 197 Å². The number of para-hydroxylation sites is 1.